The Hall–Kier alpha value is -4.16. The van der Waals surface area contributed by atoms with Gasteiger partial charge in [-0.15, -0.1) is 0 Å². The fraction of sp³-hybridized carbons (Fsp3) is 0.0769. The van der Waals surface area contributed by atoms with Crippen molar-refractivity contribution in [1.29, 1.82) is 0 Å². The van der Waals surface area contributed by atoms with Gasteiger partial charge in [-0.25, -0.2) is 0 Å². The minimum atomic E-state index is -1.65. The summed E-state index contributed by atoms with van der Waals surface area (Å²) in [6.45, 7) is 0. The van der Waals surface area contributed by atoms with Gasteiger partial charge in [0.2, 0.25) is 0 Å². The zero-order chi connectivity index (χ0) is 22.3. The van der Waals surface area contributed by atoms with E-state index in [-0.39, 0.29) is 51.7 Å². The second-order valence-electron chi connectivity index (χ2n) is 7.69. The lowest BCUT2D eigenvalue weighted by atomic mass is 9.74. The number of para-hydroxylation sites is 2. The molecule has 0 aliphatic heterocycles. The van der Waals surface area contributed by atoms with Crippen molar-refractivity contribution in [3.05, 3.63) is 119 Å². The first-order valence-corrected chi connectivity index (χ1v) is 10.2. The molecule has 0 amide bonds. The summed E-state index contributed by atoms with van der Waals surface area (Å²) in [5.41, 5.74) is 12.2. The summed E-state index contributed by atoms with van der Waals surface area (Å²) in [7, 11) is 0. The van der Waals surface area contributed by atoms with Gasteiger partial charge in [-0.2, -0.15) is 0 Å². The van der Waals surface area contributed by atoms with Crippen LogP contribution in [0.25, 0.3) is 0 Å². The summed E-state index contributed by atoms with van der Waals surface area (Å²) in [4.78, 5) is 27.0. The van der Waals surface area contributed by atoms with E-state index in [4.69, 9.17) is 20.9 Å². The van der Waals surface area contributed by atoms with Crippen molar-refractivity contribution in [3.63, 3.8) is 0 Å². The van der Waals surface area contributed by atoms with E-state index < -0.39 is 5.72 Å². The number of carbonyl (C=O) groups excluding carboxylic acids is 2. The number of fused-ring (bicyclic) bond motifs is 1. The molecule has 3 aromatic rings. The van der Waals surface area contributed by atoms with Crippen molar-refractivity contribution in [3.8, 4) is 11.5 Å². The summed E-state index contributed by atoms with van der Waals surface area (Å²) < 4.78 is 12.2. The normalized spacial score (nSPS) is 20.0. The number of hydrogen-bond acceptors (Lipinski definition) is 6. The van der Waals surface area contributed by atoms with Gasteiger partial charge in [0.05, 0.1) is 23.3 Å². The standard InChI is InChI=1S/C26H20N2O4/c27-23-20(31-16-9-3-1-4-10-16)15-26(28,32-17-11-5-2-6-12-17)22-21(23)24(29)18-13-7-8-14-19(18)25(22)30/h1-14H,15,27-28H2. The maximum atomic E-state index is 13.5. The summed E-state index contributed by atoms with van der Waals surface area (Å²) in [6.07, 6.45) is -0.0252. The third-order valence-electron chi connectivity index (χ3n) is 5.56. The Morgan fingerprint density at radius 1 is 0.719 bits per heavy atom. The quantitative estimate of drug-likeness (QED) is 0.618. The summed E-state index contributed by atoms with van der Waals surface area (Å²) >= 11 is 0. The molecule has 158 valence electrons. The van der Waals surface area contributed by atoms with Crippen molar-refractivity contribution in [1.82, 2.24) is 0 Å². The summed E-state index contributed by atoms with van der Waals surface area (Å²) in [5, 5.41) is 0. The topological polar surface area (TPSA) is 105 Å². The Labute approximate surface area is 184 Å². The molecule has 0 radical (unpaired) electrons. The Kier molecular flexibility index (Phi) is 4.64. The average Bonchev–Trinajstić information content (AvgIpc) is 2.81. The molecule has 5 rings (SSSR count). The van der Waals surface area contributed by atoms with Crippen LogP contribution in [-0.2, 0) is 0 Å². The van der Waals surface area contributed by atoms with Crippen molar-refractivity contribution < 1.29 is 19.1 Å². The Morgan fingerprint density at radius 2 is 1.25 bits per heavy atom. The molecule has 0 fully saturated rings. The maximum Gasteiger partial charge on any atom is 0.196 e. The number of benzene rings is 3. The number of ketones is 2. The molecule has 6 nitrogen and oxygen atoms in total. The highest BCUT2D eigenvalue weighted by Gasteiger charge is 2.50. The van der Waals surface area contributed by atoms with Gasteiger partial charge < -0.3 is 15.2 Å². The SMILES string of the molecule is NC1=C(Oc2ccccc2)CC(N)(Oc2ccccc2)C2=C1C(=O)c1ccccc1C2=O. The molecule has 2 aliphatic rings. The molecule has 0 bridgehead atoms. The van der Waals surface area contributed by atoms with Crippen LogP contribution in [0.15, 0.2) is 108 Å². The molecule has 0 spiro atoms. The molecule has 0 saturated carbocycles. The number of allylic oxidation sites excluding steroid dienone is 1. The minimum absolute atomic E-state index is 0.0252. The van der Waals surface area contributed by atoms with E-state index >= 15 is 0 Å². The van der Waals surface area contributed by atoms with E-state index in [1.807, 2.05) is 24.3 Å². The third kappa shape index (κ3) is 3.18. The first kappa shape index (κ1) is 19.8. The molecule has 2 aliphatic carbocycles. The van der Waals surface area contributed by atoms with E-state index in [0.717, 1.165) is 0 Å². The van der Waals surface area contributed by atoms with E-state index in [1.165, 1.54) is 0 Å². The van der Waals surface area contributed by atoms with Crippen LogP contribution in [0.2, 0.25) is 0 Å². The van der Waals surface area contributed by atoms with Crippen LogP contribution in [0.1, 0.15) is 27.1 Å². The lowest BCUT2D eigenvalue weighted by molar-refractivity contribution is 0.0750. The van der Waals surface area contributed by atoms with Gasteiger partial charge in [-0.05, 0) is 24.3 Å². The Bertz CT molecular complexity index is 1300. The molecule has 32 heavy (non-hydrogen) atoms. The minimum Gasteiger partial charge on any atom is -0.468 e. The first-order chi connectivity index (χ1) is 15.5. The van der Waals surface area contributed by atoms with Crippen LogP contribution in [0.3, 0.4) is 0 Å². The zero-order valence-corrected chi connectivity index (χ0v) is 17.1. The molecule has 0 saturated heterocycles. The molecular weight excluding hydrogens is 404 g/mol. The maximum absolute atomic E-state index is 13.5. The highest BCUT2D eigenvalue weighted by Crippen LogP contribution is 2.42. The third-order valence-corrected chi connectivity index (χ3v) is 5.56. The molecule has 1 atom stereocenters. The van der Waals surface area contributed by atoms with Crippen molar-refractivity contribution in [2.75, 3.05) is 0 Å². The predicted molar refractivity (Wildman–Crippen MR) is 119 cm³/mol. The smallest absolute Gasteiger partial charge is 0.196 e. The predicted octanol–water partition coefficient (Wildman–Crippen LogP) is 3.75. The van der Waals surface area contributed by atoms with E-state index in [1.54, 1.807) is 60.7 Å². The molecule has 1 unspecified atom stereocenters. The lowest BCUT2D eigenvalue weighted by Gasteiger charge is -2.39. The number of Topliss-reactive ketones (excluding diaryl/α,β-unsaturated/α-hetero) is 2. The number of nitrogens with two attached hydrogens (primary N) is 2. The van der Waals surface area contributed by atoms with E-state index in [2.05, 4.69) is 0 Å². The van der Waals surface area contributed by atoms with Gasteiger partial charge >= 0.3 is 0 Å². The number of rotatable bonds is 4. The highest BCUT2D eigenvalue weighted by atomic mass is 16.5. The van der Waals surface area contributed by atoms with Gasteiger partial charge in [0.15, 0.2) is 17.3 Å². The van der Waals surface area contributed by atoms with E-state index in [0.29, 0.717) is 11.5 Å². The fourth-order valence-corrected chi connectivity index (χ4v) is 4.11. The number of carbonyl (C=O) groups is 2. The Morgan fingerprint density at radius 3 is 1.88 bits per heavy atom. The summed E-state index contributed by atoms with van der Waals surface area (Å²) in [6, 6.07) is 24.6. The zero-order valence-electron chi connectivity index (χ0n) is 17.1. The molecule has 3 aromatic carbocycles. The van der Waals surface area contributed by atoms with Crippen molar-refractivity contribution in [2.24, 2.45) is 11.5 Å². The Balaban J connectivity index is 1.69. The van der Waals surface area contributed by atoms with Gasteiger partial charge in [0.1, 0.15) is 17.3 Å². The number of hydrogen-bond donors (Lipinski definition) is 2. The van der Waals surface area contributed by atoms with Gasteiger partial charge in [0.25, 0.3) is 0 Å². The highest BCUT2D eigenvalue weighted by molar-refractivity contribution is 6.29. The van der Waals surface area contributed by atoms with Gasteiger partial charge in [-0.3, -0.25) is 15.3 Å². The second kappa shape index (κ2) is 7.51. The van der Waals surface area contributed by atoms with Gasteiger partial charge in [-0.1, -0.05) is 60.7 Å². The molecular formula is C26H20N2O4. The molecule has 0 heterocycles. The van der Waals surface area contributed by atoms with Crippen molar-refractivity contribution in [2.45, 2.75) is 12.1 Å². The lowest BCUT2D eigenvalue weighted by Crippen LogP contribution is -2.55. The number of ether oxygens (including phenoxy) is 2. The molecule has 6 heteroatoms. The van der Waals surface area contributed by atoms with Crippen LogP contribution >= 0.6 is 0 Å². The van der Waals surface area contributed by atoms with E-state index in [9.17, 15) is 9.59 Å². The van der Waals surface area contributed by atoms with Crippen molar-refractivity contribution >= 4 is 11.6 Å². The van der Waals surface area contributed by atoms with Crippen LogP contribution < -0.4 is 20.9 Å². The monoisotopic (exact) mass is 424 g/mol. The van der Waals surface area contributed by atoms with Crippen LogP contribution in [-0.4, -0.2) is 17.3 Å². The molecule has 4 N–H and O–H groups in total. The molecule has 0 aromatic heterocycles. The van der Waals surface area contributed by atoms with Gasteiger partial charge in [0, 0.05) is 11.1 Å². The average molecular weight is 424 g/mol. The van der Waals surface area contributed by atoms with Crippen LogP contribution in [0.5, 0.6) is 11.5 Å². The summed E-state index contributed by atoms with van der Waals surface area (Å²) in [5.74, 6) is 0.504. The van der Waals surface area contributed by atoms with Crippen LogP contribution in [0.4, 0.5) is 0 Å². The second-order valence-corrected chi connectivity index (χ2v) is 7.69. The fourth-order valence-electron chi connectivity index (χ4n) is 4.11. The largest absolute Gasteiger partial charge is 0.468 e. The first-order valence-electron chi connectivity index (χ1n) is 10.2. The van der Waals surface area contributed by atoms with Crippen LogP contribution in [0, 0.1) is 0 Å².